The van der Waals surface area contributed by atoms with Gasteiger partial charge in [0, 0.05) is 6.54 Å². The normalized spacial score (nSPS) is 11.0. The van der Waals surface area contributed by atoms with E-state index in [9.17, 15) is 0 Å². The van der Waals surface area contributed by atoms with Crippen molar-refractivity contribution >= 4 is 0 Å². The first-order valence-corrected chi connectivity index (χ1v) is 8.19. The molecule has 0 spiro atoms. The van der Waals surface area contributed by atoms with E-state index in [0.29, 0.717) is 85.8 Å². The molecule has 0 aromatic carbocycles. The fourth-order valence-electron chi connectivity index (χ4n) is 1.45. The van der Waals surface area contributed by atoms with Crippen molar-refractivity contribution in [3.05, 3.63) is 12.7 Å². The molecule has 0 aromatic heterocycles. The van der Waals surface area contributed by atoms with Crippen molar-refractivity contribution in [2.75, 3.05) is 85.8 Å². The van der Waals surface area contributed by atoms with Gasteiger partial charge in [-0.25, -0.2) is 0 Å². The van der Waals surface area contributed by atoms with Gasteiger partial charge >= 0.3 is 0 Å². The fraction of sp³-hybridized carbons (Fsp3) is 0.875. The van der Waals surface area contributed by atoms with Crippen LogP contribution in [0.3, 0.4) is 0 Å². The van der Waals surface area contributed by atoms with Gasteiger partial charge in [0.25, 0.3) is 0 Å². The quantitative estimate of drug-likeness (QED) is 0.258. The summed E-state index contributed by atoms with van der Waals surface area (Å²) in [7, 11) is 0. The van der Waals surface area contributed by atoms with Crippen molar-refractivity contribution in [3.63, 3.8) is 0 Å². The molecule has 0 heterocycles. The highest BCUT2D eigenvalue weighted by Gasteiger charge is 1.93. The molecule has 0 amide bonds. The molecule has 2 N–H and O–H groups in total. The standard InChI is InChI=1S/C16H33NO6/c1-2-3-5-18-7-9-20-11-13-22-15-16-23-14-12-21-10-8-19-6-4-17/h2H,1,3-17H2. The van der Waals surface area contributed by atoms with Crippen LogP contribution >= 0.6 is 0 Å². The monoisotopic (exact) mass is 335 g/mol. The van der Waals surface area contributed by atoms with E-state index in [1.54, 1.807) is 0 Å². The summed E-state index contributed by atoms with van der Waals surface area (Å²) in [6.07, 6.45) is 2.71. The third-order valence-corrected chi connectivity index (χ3v) is 2.59. The van der Waals surface area contributed by atoms with Crippen molar-refractivity contribution in [2.24, 2.45) is 5.73 Å². The molecule has 0 aliphatic carbocycles. The molecule has 0 bridgehead atoms. The number of ether oxygens (including phenoxy) is 6. The van der Waals surface area contributed by atoms with E-state index in [2.05, 4.69) is 6.58 Å². The molecule has 0 saturated heterocycles. The van der Waals surface area contributed by atoms with Crippen LogP contribution in [0, 0.1) is 0 Å². The third-order valence-electron chi connectivity index (χ3n) is 2.59. The molecule has 138 valence electrons. The van der Waals surface area contributed by atoms with Crippen LogP contribution in [0.2, 0.25) is 0 Å². The SMILES string of the molecule is C=CCCOCCOCCOCCOCCOCCOCCN. The first-order chi connectivity index (χ1) is 11.4. The summed E-state index contributed by atoms with van der Waals surface area (Å²) in [6, 6.07) is 0. The smallest absolute Gasteiger partial charge is 0.0701 e. The Labute approximate surface area is 140 Å². The predicted molar refractivity (Wildman–Crippen MR) is 88.8 cm³/mol. The van der Waals surface area contributed by atoms with Gasteiger partial charge in [0.15, 0.2) is 0 Å². The molecule has 0 atom stereocenters. The van der Waals surface area contributed by atoms with E-state index in [0.717, 1.165) is 6.42 Å². The minimum Gasteiger partial charge on any atom is -0.379 e. The van der Waals surface area contributed by atoms with E-state index >= 15 is 0 Å². The summed E-state index contributed by atoms with van der Waals surface area (Å²) >= 11 is 0. The molecule has 0 radical (unpaired) electrons. The van der Waals surface area contributed by atoms with Crippen molar-refractivity contribution in [2.45, 2.75) is 6.42 Å². The summed E-state index contributed by atoms with van der Waals surface area (Å²) < 4.78 is 31.9. The second-order valence-electron chi connectivity index (χ2n) is 4.54. The van der Waals surface area contributed by atoms with Crippen LogP contribution < -0.4 is 5.73 Å². The molecule has 0 saturated carbocycles. The topological polar surface area (TPSA) is 81.4 Å². The first-order valence-electron chi connectivity index (χ1n) is 8.19. The second-order valence-corrected chi connectivity index (χ2v) is 4.54. The third kappa shape index (κ3) is 21.5. The number of rotatable bonds is 20. The average Bonchev–Trinajstić information content (AvgIpc) is 2.57. The van der Waals surface area contributed by atoms with Crippen molar-refractivity contribution < 1.29 is 28.4 Å². The largest absolute Gasteiger partial charge is 0.379 e. The van der Waals surface area contributed by atoms with Gasteiger partial charge in [-0.15, -0.1) is 6.58 Å². The Bertz CT molecular complexity index is 231. The Morgan fingerprint density at radius 2 is 0.826 bits per heavy atom. The van der Waals surface area contributed by atoms with Gasteiger partial charge in [0.1, 0.15) is 0 Å². The van der Waals surface area contributed by atoms with Crippen LogP contribution in [0.1, 0.15) is 6.42 Å². The van der Waals surface area contributed by atoms with Crippen molar-refractivity contribution in [1.82, 2.24) is 0 Å². The molecule has 0 fully saturated rings. The Morgan fingerprint density at radius 3 is 1.13 bits per heavy atom. The van der Waals surface area contributed by atoms with Gasteiger partial charge in [-0.1, -0.05) is 6.08 Å². The summed E-state index contributed by atoms with van der Waals surface area (Å²) in [5.74, 6) is 0. The summed E-state index contributed by atoms with van der Waals surface area (Å²) in [5, 5.41) is 0. The van der Waals surface area contributed by atoms with Gasteiger partial charge in [-0.3, -0.25) is 0 Å². The molecule has 0 aromatic rings. The van der Waals surface area contributed by atoms with Crippen LogP contribution in [0.4, 0.5) is 0 Å². The lowest BCUT2D eigenvalue weighted by atomic mass is 10.5. The fourth-order valence-corrected chi connectivity index (χ4v) is 1.45. The van der Waals surface area contributed by atoms with Crippen LogP contribution in [0.25, 0.3) is 0 Å². The Morgan fingerprint density at radius 1 is 0.522 bits per heavy atom. The average molecular weight is 335 g/mol. The zero-order valence-electron chi connectivity index (χ0n) is 14.2. The van der Waals surface area contributed by atoms with E-state index in [4.69, 9.17) is 34.2 Å². The van der Waals surface area contributed by atoms with Gasteiger partial charge in [0.2, 0.25) is 0 Å². The number of nitrogens with two attached hydrogens (primary N) is 1. The minimum atomic E-state index is 0.539. The van der Waals surface area contributed by atoms with Crippen molar-refractivity contribution in [1.29, 1.82) is 0 Å². The van der Waals surface area contributed by atoms with Crippen LogP contribution in [0.5, 0.6) is 0 Å². The maximum Gasteiger partial charge on any atom is 0.0701 e. The van der Waals surface area contributed by atoms with Crippen LogP contribution in [-0.4, -0.2) is 85.8 Å². The molecule has 7 heteroatoms. The summed E-state index contributed by atoms with van der Waals surface area (Å²) in [4.78, 5) is 0. The highest BCUT2D eigenvalue weighted by molar-refractivity contribution is 4.64. The van der Waals surface area contributed by atoms with E-state index in [1.165, 1.54) is 0 Å². The lowest BCUT2D eigenvalue weighted by Crippen LogP contribution is -2.15. The predicted octanol–water partition coefficient (Wildman–Crippen LogP) is 0.621. The Hall–Kier alpha value is -0.540. The second kappa shape index (κ2) is 21.5. The molecule has 0 aliphatic rings. The molecule has 7 nitrogen and oxygen atoms in total. The van der Waals surface area contributed by atoms with Gasteiger partial charge in [-0.2, -0.15) is 0 Å². The maximum atomic E-state index is 5.37. The maximum absolute atomic E-state index is 5.37. The van der Waals surface area contributed by atoms with E-state index in [-0.39, 0.29) is 0 Å². The number of hydrogen-bond donors (Lipinski definition) is 1. The van der Waals surface area contributed by atoms with Gasteiger partial charge < -0.3 is 34.2 Å². The molecule has 0 unspecified atom stereocenters. The van der Waals surface area contributed by atoms with Crippen LogP contribution in [-0.2, 0) is 28.4 Å². The van der Waals surface area contributed by atoms with Crippen molar-refractivity contribution in [3.8, 4) is 0 Å². The molecular formula is C16H33NO6. The molecule has 0 rings (SSSR count). The first kappa shape index (κ1) is 22.5. The summed E-state index contributed by atoms with van der Waals surface area (Å²) in [6.45, 7) is 11.1. The highest BCUT2D eigenvalue weighted by atomic mass is 16.6. The minimum absolute atomic E-state index is 0.539. The molecular weight excluding hydrogens is 302 g/mol. The lowest BCUT2D eigenvalue weighted by Gasteiger charge is -2.08. The van der Waals surface area contributed by atoms with Gasteiger partial charge in [0.05, 0.1) is 79.3 Å². The Kier molecular flexibility index (Phi) is 21.0. The lowest BCUT2D eigenvalue weighted by molar-refractivity contribution is -0.0162. The Balaban J connectivity index is 2.93. The van der Waals surface area contributed by atoms with E-state index < -0.39 is 0 Å². The molecule has 0 aliphatic heterocycles. The molecule has 23 heavy (non-hydrogen) atoms. The van der Waals surface area contributed by atoms with E-state index in [1.807, 2.05) is 6.08 Å². The van der Waals surface area contributed by atoms with Gasteiger partial charge in [-0.05, 0) is 6.42 Å². The summed E-state index contributed by atoms with van der Waals surface area (Å²) in [5.41, 5.74) is 5.29. The number of hydrogen-bond acceptors (Lipinski definition) is 7. The van der Waals surface area contributed by atoms with Crippen LogP contribution in [0.15, 0.2) is 12.7 Å². The highest BCUT2D eigenvalue weighted by Crippen LogP contribution is 1.86. The zero-order valence-corrected chi connectivity index (χ0v) is 14.2. The zero-order chi connectivity index (χ0) is 16.8.